The number of aromatic nitrogens is 2. The number of methoxy groups -OCH3 is 1. The zero-order valence-electron chi connectivity index (χ0n) is 30.5. The lowest BCUT2D eigenvalue weighted by Crippen LogP contribution is -2.51. The van der Waals surface area contributed by atoms with Crippen molar-refractivity contribution in [1.82, 2.24) is 13.5 Å². The van der Waals surface area contributed by atoms with Crippen LogP contribution in [0.2, 0.25) is 16.6 Å². The van der Waals surface area contributed by atoms with Crippen LogP contribution in [0.15, 0.2) is 24.4 Å². The smallest absolute Gasteiger partial charge is 0.487 e. The predicted molar refractivity (Wildman–Crippen MR) is 192 cm³/mol. The molecule has 0 spiro atoms. The summed E-state index contributed by atoms with van der Waals surface area (Å²) in [5, 5.41) is 1.07. The first-order chi connectivity index (χ1) is 21.9. The van der Waals surface area contributed by atoms with Gasteiger partial charge in [-0.05, 0) is 99.7 Å². The highest BCUT2D eigenvalue weighted by Crippen LogP contribution is 2.48. The van der Waals surface area contributed by atoms with E-state index in [2.05, 4.69) is 91.7 Å². The van der Waals surface area contributed by atoms with Gasteiger partial charge in [-0.3, -0.25) is 0 Å². The maximum atomic E-state index is 12.1. The summed E-state index contributed by atoms with van der Waals surface area (Å²) in [5.41, 5.74) is 3.68. The number of hydrogen-bond donors (Lipinski definition) is 1. The predicted octanol–water partition coefficient (Wildman–Crippen LogP) is 7.48. The number of fused-ring (bicyclic) bond motifs is 1. The summed E-state index contributed by atoms with van der Waals surface area (Å²) in [4.78, 5) is 17.2. The number of carbonyl (C=O) groups is 1. The summed E-state index contributed by atoms with van der Waals surface area (Å²) in [5.74, 6) is 3.18. The number of carbonyl (C=O) groups excluding carboxylic acids is 1. The minimum absolute atomic E-state index is 0.140. The summed E-state index contributed by atoms with van der Waals surface area (Å²) in [6.07, 6.45) is 6.65. The molecule has 47 heavy (non-hydrogen) atoms. The molecule has 2 aliphatic rings. The first-order valence-corrected chi connectivity index (χ1v) is 20.4. The zero-order chi connectivity index (χ0) is 35.1. The lowest BCUT2D eigenvalue weighted by atomic mass is 9.72. The molecule has 0 aromatic carbocycles. The summed E-state index contributed by atoms with van der Waals surface area (Å²) < 4.78 is 49.9. The lowest BCUT2D eigenvalue weighted by molar-refractivity contribution is 0.00578. The highest BCUT2D eigenvalue weighted by molar-refractivity contribution is 7.70. The summed E-state index contributed by atoms with van der Waals surface area (Å²) in [7, 11) is -2.76. The van der Waals surface area contributed by atoms with Crippen molar-refractivity contribution in [3.63, 3.8) is 0 Å². The standard InChI is InChI=1S/C34H56BN3O7SSi/c1-22(2)47(23(3)4,24(5)6)38-18-17-27-30(29(42-12)20-36-31(27)38)28(19-35-44-33(7,8)34(9,10)45-35)26-15-13-25(14-16-26)21-43-32(39)37(11)46(40)41/h17-20,22-26,46H,13-16,21H2,1-12H3. The third-order valence-corrected chi connectivity index (χ3v) is 18.6. The van der Waals surface area contributed by atoms with Gasteiger partial charge < -0.3 is 23.0 Å². The van der Waals surface area contributed by atoms with E-state index in [1.807, 2.05) is 6.20 Å². The second-order valence-corrected chi connectivity index (χ2v) is 22.1. The van der Waals surface area contributed by atoms with Crippen LogP contribution in [-0.4, -0.2) is 75.4 Å². The molecule has 0 atom stereocenters. The molecule has 13 heteroatoms. The molecule has 1 saturated carbocycles. The molecule has 2 aromatic heterocycles. The van der Waals surface area contributed by atoms with Crippen molar-refractivity contribution in [3.05, 3.63) is 30.0 Å². The molecule has 2 aromatic rings. The van der Waals surface area contributed by atoms with Crippen LogP contribution in [0.1, 0.15) is 100 Å². The lowest BCUT2D eigenvalue weighted by Gasteiger charge is -2.44. The molecule has 0 radical (unpaired) electrons. The van der Waals surface area contributed by atoms with Crippen molar-refractivity contribution in [3.8, 4) is 5.75 Å². The number of rotatable bonds is 11. The Hall–Kier alpha value is -2.35. The van der Waals surface area contributed by atoms with E-state index in [9.17, 15) is 13.2 Å². The maximum absolute atomic E-state index is 12.1. The Morgan fingerprint density at radius 2 is 1.62 bits per heavy atom. The van der Waals surface area contributed by atoms with Crippen molar-refractivity contribution in [2.24, 2.45) is 11.8 Å². The Bertz CT molecular complexity index is 1500. The van der Waals surface area contributed by atoms with Gasteiger partial charge in [0.1, 0.15) is 11.4 Å². The van der Waals surface area contributed by atoms with Gasteiger partial charge in [-0.25, -0.2) is 22.5 Å². The van der Waals surface area contributed by atoms with E-state index < -0.39 is 43.5 Å². The summed E-state index contributed by atoms with van der Waals surface area (Å²) >= 11 is 0. The van der Waals surface area contributed by atoms with E-state index in [4.69, 9.17) is 23.8 Å². The zero-order valence-corrected chi connectivity index (χ0v) is 32.4. The van der Waals surface area contributed by atoms with Crippen molar-refractivity contribution in [2.75, 3.05) is 20.8 Å². The van der Waals surface area contributed by atoms with Gasteiger partial charge in [0.25, 0.3) is 0 Å². The van der Waals surface area contributed by atoms with E-state index in [1.54, 1.807) is 7.11 Å². The normalized spacial score (nSPS) is 21.8. The van der Waals surface area contributed by atoms with Crippen molar-refractivity contribution >= 4 is 48.9 Å². The highest BCUT2D eigenvalue weighted by Gasteiger charge is 2.51. The van der Waals surface area contributed by atoms with Crippen LogP contribution in [0.25, 0.3) is 16.6 Å². The number of amides is 1. The Kier molecular flexibility index (Phi) is 11.4. The van der Waals surface area contributed by atoms with Gasteiger partial charge in [0, 0.05) is 18.0 Å². The molecular weight excluding hydrogens is 633 g/mol. The van der Waals surface area contributed by atoms with Crippen LogP contribution < -0.4 is 4.74 Å². The van der Waals surface area contributed by atoms with E-state index >= 15 is 0 Å². The average molecular weight is 690 g/mol. The van der Waals surface area contributed by atoms with Gasteiger partial charge in [0.2, 0.25) is 10.9 Å². The topological polar surface area (TPSA) is 109 Å². The second-order valence-electron chi connectivity index (χ2n) is 15.3. The SMILES string of the molecule is COc1cnc2c(ccn2[Si](C(C)C)(C(C)C)C(C)C)c1C(=CB1OC(C)(C)C(C)(C)O1)C1CCC(COC(=O)N(C)[SH](=O)=O)CC1. The number of pyridine rings is 1. The highest BCUT2D eigenvalue weighted by atomic mass is 32.2. The van der Waals surface area contributed by atoms with Gasteiger partial charge in [-0.2, -0.15) is 0 Å². The first-order valence-electron chi connectivity index (χ1n) is 17.1. The Morgan fingerprint density at radius 1 is 1.06 bits per heavy atom. The molecule has 2 fully saturated rings. The van der Waals surface area contributed by atoms with Crippen molar-refractivity contribution < 1.29 is 32.0 Å². The van der Waals surface area contributed by atoms with E-state index in [0.717, 1.165) is 53.6 Å². The molecule has 4 rings (SSSR count). The number of allylic oxidation sites excluding steroid dienone is 1. The second kappa shape index (κ2) is 14.2. The van der Waals surface area contributed by atoms with Crippen LogP contribution in [0.3, 0.4) is 0 Å². The van der Waals surface area contributed by atoms with Crippen molar-refractivity contribution in [2.45, 2.75) is 123 Å². The fraction of sp³-hybridized carbons (Fsp3) is 0.706. The Balaban J connectivity index is 1.79. The molecule has 262 valence electrons. The third-order valence-electron chi connectivity index (χ3n) is 11.2. The van der Waals surface area contributed by atoms with E-state index in [0.29, 0.717) is 20.9 Å². The molecule has 1 amide bonds. The number of nitrogens with zero attached hydrogens (tertiary/aromatic N) is 3. The van der Waals surface area contributed by atoms with Crippen LogP contribution in [0.4, 0.5) is 4.79 Å². The van der Waals surface area contributed by atoms with E-state index in [1.165, 1.54) is 7.05 Å². The molecule has 1 saturated heterocycles. The molecule has 10 nitrogen and oxygen atoms in total. The number of ether oxygens (including phenoxy) is 2. The molecule has 0 bridgehead atoms. The molecule has 0 unspecified atom stereocenters. The summed E-state index contributed by atoms with van der Waals surface area (Å²) in [6.45, 7) is 22.6. The van der Waals surface area contributed by atoms with E-state index in [-0.39, 0.29) is 18.4 Å². The minimum atomic E-state index is -3.02. The van der Waals surface area contributed by atoms with Gasteiger partial charge in [0.05, 0.1) is 31.1 Å². The average Bonchev–Trinajstić information content (AvgIpc) is 3.50. The quantitative estimate of drug-likeness (QED) is 0.191. The van der Waals surface area contributed by atoms with Crippen LogP contribution >= 0.6 is 0 Å². The fourth-order valence-electron chi connectivity index (χ4n) is 8.18. The Morgan fingerprint density at radius 3 is 2.11 bits per heavy atom. The molecular formula is C34H56BN3O7SSi. The van der Waals surface area contributed by atoms with Crippen LogP contribution in [-0.2, 0) is 24.9 Å². The first kappa shape index (κ1) is 37.5. The minimum Gasteiger partial charge on any atom is -0.494 e. The fourth-order valence-corrected chi connectivity index (χ4v) is 14.9. The van der Waals surface area contributed by atoms with Gasteiger partial charge >= 0.3 is 13.2 Å². The third kappa shape index (κ3) is 7.05. The number of thiol groups is 1. The van der Waals surface area contributed by atoms with Crippen LogP contribution in [0.5, 0.6) is 5.75 Å². The molecule has 1 aliphatic carbocycles. The van der Waals surface area contributed by atoms with Crippen molar-refractivity contribution in [1.29, 1.82) is 0 Å². The number of hydrogen-bond acceptors (Lipinski definition) is 8. The molecule has 1 aliphatic heterocycles. The monoisotopic (exact) mass is 689 g/mol. The van der Waals surface area contributed by atoms with Crippen LogP contribution in [0, 0.1) is 11.8 Å². The maximum Gasteiger partial charge on any atom is 0.487 e. The molecule has 3 heterocycles. The largest absolute Gasteiger partial charge is 0.494 e. The summed E-state index contributed by atoms with van der Waals surface area (Å²) in [6, 6.07) is 2.22. The van der Waals surface area contributed by atoms with Gasteiger partial charge in [0.15, 0.2) is 8.24 Å². The van der Waals surface area contributed by atoms with Gasteiger partial charge in [-0.1, -0.05) is 47.5 Å². The van der Waals surface area contributed by atoms with Gasteiger partial charge in [-0.15, -0.1) is 0 Å². The Labute approximate surface area is 284 Å². The molecule has 0 N–H and O–H groups in total.